The monoisotopic (exact) mass is 244 g/mol. The van der Waals surface area contributed by atoms with E-state index in [4.69, 9.17) is 4.74 Å². The van der Waals surface area contributed by atoms with Crippen molar-refractivity contribution in [3.8, 4) is 0 Å². The zero-order chi connectivity index (χ0) is 12.5. The molecule has 1 saturated heterocycles. The predicted octanol–water partition coefficient (Wildman–Crippen LogP) is 2.45. The fourth-order valence-electron chi connectivity index (χ4n) is 2.27. The first kappa shape index (κ1) is 11.3. The van der Waals surface area contributed by atoms with Crippen LogP contribution in [0.3, 0.4) is 0 Å². The van der Waals surface area contributed by atoms with Gasteiger partial charge in [0.1, 0.15) is 0 Å². The maximum Gasteiger partial charge on any atom is 0.224 e. The first-order chi connectivity index (χ1) is 8.72. The van der Waals surface area contributed by atoms with Gasteiger partial charge in [-0.15, -0.1) is 0 Å². The molecule has 0 bridgehead atoms. The van der Waals surface area contributed by atoms with Crippen molar-refractivity contribution in [2.45, 2.75) is 13.3 Å². The van der Waals surface area contributed by atoms with Crippen LogP contribution in [0.4, 0.5) is 5.69 Å². The average Bonchev–Trinajstić information content (AvgIpc) is 2.65. The first-order valence-electron chi connectivity index (χ1n) is 6.18. The number of aromatic nitrogens is 1. The third kappa shape index (κ3) is 2.11. The maximum atomic E-state index is 11.9. The summed E-state index contributed by atoms with van der Waals surface area (Å²) in [5.41, 5.74) is 2.94. The Hall–Kier alpha value is -1.81. The highest BCUT2D eigenvalue weighted by molar-refractivity contribution is 6.00. The summed E-state index contributed by atoms with van der Waals surface area (Å²) in [7, 11) is 0. The van der Waals surface area contributed by atoms with Crippen molar-refractivity contribution >= 4 is 22.5 Å². The molecule has 0 saturated carbocycles. The number of ether oxygens (including phenoxy) is 1. The zero-order valence-electron chi connectivity index (χ0n) is 10.3. The lowest BCUT2D eigenvalue weighted by Gasteiger charge is -2.25. The summed E-state index contributed by atoms with van der Waals surface area (Å²) < 4.78 is 5.07. The summed E-state index contributed by atoms with van der Waals surface area (Å²) in [5.74, 6) is 0.442. The molecule has 2 aromatic rings. The Labute approximate surface area is 105 Å². The first-order valence-corrected chi connectivity index (χ1v) is 6.18. The fourth-order valence-corrected chi connectivity index (χ4v) is 2.27. The summed E-state index contributed by atoms with van der Waals surface area (Å²) in [6.45, 7) is 3.43. The molecule has 4 heteroatoms. The molecule has 1 aromatic carbocycles. The van der Waals surface area contributed by atoms with E-state index in [1.54, 1.807) is 0 Å². The molecule has 1 fully saturated rings. The van der Waals surface area contributed by atoms with Gasteiger partial charge in [-0.2, -0.15) is 0 Å². The number of hydrogen-bond donors (Lipinski definition) is 2. The third-order valence-corrected chi connectivity index (χ3v) is 3.25. The van der Waals surface area contributed by atoms with Crippen molar-refractivity contribution in [1.29, 1.82) is 0 Å². The Bertz CT molecular complexity index is 584. The van der Waals surface area contributed by atoms with Crippen LogP contribution >= 0.6 is 0 Å². The van der Waals surface area contributed by atoms with Gasteiger partial charge in [-0.3, -0.25) is 4.79 Å². The highest BCUT2D eigenvalue weighted by atomic mass is 16.5. The molecule has 3 rings (SSSR count). The molecule has 18 heavy (non-hydrogen) atoms. The number of H-pyrrole nitrogens is 1. The molecule has 0 spiro atoms. The molecule has 2 N–H and O–H groups in total. The Morgan fingerprint density at radius 2 is 2.33 bits per heavy atom. The highest BCUT2D eigenvalue weighted by Gasteiger charge is 2.21. The minimum absolute atomic E-state index is 0.0584. The Balaban J connectivity index is 1.78. The van der Waals surface area contributed by atoms with Gasteiger partial charge in [-0.1, -0.05) is 12.1 Å². The van der Waals surface area contributed by atoms with Crippen LogP contribution in [-0.2, 0) is 9.53 Å². The van der Waals surface area contributed by atoms with Crippen LogP contribution < -0.4 is 5.32 Å². The number of para-hydroxylation sites is 1. The van der Waals surface area contributed by atoms with Gasteiger partial charge < -0.3 is 15.0 Å². The van der Waals surface area contributed by atoms with Crippen molar-refractivity contribution in [2.75, 3.05) is 18.5 Å². The topological polar surface area (TPSA) is 54.1 Å². The predicted molar refractivity (Wildman–Crippen MR) is 70.6 cm³/mol. The number of aryl methyl sites for hydroxylation is 1. The van der Waals surface area contributed by atoms with Crippen LogP contribution in [0, 0.1) is 12.8 Å². The van der Waals surface area contributed by atoms with Crippen molar-refractivity contribution in [3.63, 3.8) is 0 Å². The summed E-state index contributed by atoms with van der Waals surface area (Å²) in [5, 5.41) is 4.09. The zero-order valence-corrected chi connectivity index (χ0v) is 10.3. The molecule has 94 valence electrons. The number of benzene rings is 1. The van der Waals surface area contributed by atoms with E-state index in [-0.39, 0.29) is 5.91 Å². The Morgan fingerprint density at radius 1 is 1.50 bits per heavy atom. The second kappa shape index (κ2) is 4.46. The highest BCUT2D eigenvalue weighted by Crippen LogP contribution is 2.24. The third-order valence-electron chi connectivity index (χ3n) is 3.25. The van der Waals surface area contributed by atoms with E-state index in [1.165, 1.54) is 0 Å². The summed E-state index contributed by atoms with van der Waals surface area (Å²) in [4.78, 5) is 15.2. The van der Waals surface area contributed by atoms with E-state index in [9.17, 15) is 4.79 Å². The fraction of sp³-hybridized carbons (Fsp3) is 0.357. The summed E-state index contributed by atoms with van der Waals surface area (Å²) >= 11 is 0. The van der Waals surface area contributed by atoms with Crippen LogP contribution in [0.5, 0.6) is 0 Å². The molecule has 0 atom stereocenters. The molecular formula is C14H16N2O2. The molecule has 0 aliphatic carbocycles. The van der Waals surface area contributed by atoms with Gasteiger partial charge in [0.15, 0.2) is 0 Å². The van der Waals surface area contributed by atoms with Crippen LogP contribution in [0.25, 0.3) is 10.9 Å². The van der Waals surface area contributed by atoms with Crippen LogP contribution in [0.2, 0.25) is 0 Å². The van der Waals surface area contributed by atoms with Crippen LogP contribution in [0.1, 0.15) is 12.1 Å². The number of carbonyl (C=O) groups is 1. The number of nitrogens with one attached hydrogen (secondary N) is 2. The van der Waals surface area contributed by atoms with E-state index in [0.717, 1.165) is 22.3 Å². The minimum Gasteiger partial charge on any atom is -0.381 e. The van der Waals surface area contributed by atoms with Gasteiger partial charge in [0.2, 0.25) is 5.91 Å². The van der Waals surface area contributed by atoms with Gasteiger partial charge in [0, 0.05) is 23.4 Å². The van der Waals surface area contributed by atoms with E-state index >= 15 is 0 Å². The standard InChI is InChI=1S/C14H16N2O2/c1-9-5-11-3-2-4-12(14(11)15-9)16-13(17)6-10-7-18-8-10/h2-5,10,15H,6-8H2,1H3,(H,16,17). The number of rotatable bonds is 3. The maximum absolute atomic E-state index is 11.9. The van der Waals surface area contributed by atoms with Crippen molar-refractivity contribution in [3.05, 3.63) is 30.0 Å². The minimum atomic E-state index is 0.0584. The second-order valence-electron chi connectivity index (χ2n) is 4.88. The lowest BCUT2D eigenvalue weighted by molar-refractivity contribution is -0.121. The number of aromatic amines is 1. The number of carbonyl (C=O) groups excluding carboxylic acids is 1. The van der Waals surface area contributed by atoms with Crippen molar-refractivity contribution in [1.82, 2.24) is 4.98 Å². The molecule has 1 aliphatic heterocycles. The molecule has 1 aliphatic rings. The van der Waals surface area contributed by atoms with Gasteiger partial charge >= 0.3 is 0 Å². The lowest BCUT2D eigenvalue weighted by Crippen LogP contribution is -2.31. The number of fused-ring (bicyclic) bond motifs is 1. The van der Waals surface area contributed by atoms with E-state index in [1.807, 2.05) is 25.1 Å². The van der Waals surface area contributed by atoms with Crippen LogP contribution in [0.15, 0.2) is 24.3 Å². The molecular weight excluding hydrogens is 228 g/mol. The van der Waals surface area contributed by atoms with Crippen LogP contribution in [-0.4, -0.2) is 24.1 Å². The molecule has 1 amide bonds. The van der Waals surface area contributed by atoms with Gasteiger partial charge in [0.05, 0.1) is 24.4 Å². The second-order valence-corrected chi connectivity index (χ2v) is 4.88. The van der Waals surface area contributed by atoms with Gasteiger partial charge in [-0.05, 0) is 19.1 Å². The molecule has 2 heterocycles. The number of amides is 1. The summed E-state index contributed by atoms with van der Waals surface area (Å²) in [6, 6.07) is 7.99. The van der Waals surface area contributed by atoms with E-state index in [2.05, 4.69) is 16.4 Å². The smallest absolute Gasteiger partial charge is 0.224 e. The normalized spacial score (nSPS) is 15.6. The largest absolute Gasteiger partial charge is 0.381 e. The van der Waals surface area contributed by atoms with Gasteiger partial charge in [0.25, 0.3) is 0 Å². The summed E-state index contributed by atoms with van der Waals surface area (Å²) in [6.07, 6.45) is 0.538. The molecule has 4 nitrogen and oxygen atoms in total. The van der Waals surface area contributed by atoms with Crippen molar-refractivity contribution < 1.29 is 9.53 Å². The van der Waals surface area contributed by atoms with E-state index < -0.39 is 0 Å². The number of anilines is 1. The quantitative estimate of drug-likeness (QED) is 0.871. The average molecular weight is 244 g/mol. The SMILES string of the molecule is Cc1cc2cccc(NC(=O)CC3COC3)c2[nH]1. The Morgan fingerprint density at radius 3 is 3.06 bits per heavy atom. The lowest BCUT2D eigenvalue weighted by atomic mass is 10.0. The molecule has 0 radical (unpaired) electrons. The van der Waals surface area contributed by atoms with Gasteiger partial charge in [-0.25, -0.2) is 0 Å². The number of hydrogen-bond acceptors (Lipinski definition) is 2. The van der Waals surface area contributed by atoms with E-state index in [0.29, 0.717) is 25.6 Å². The molecule has 0 unspecified atom stereocenters. The molecule has 1 aromatic heterocycles. The van der Waals surface area contributed by atoms with Crippen molar-refractivity contribution in [2.24, 2.45) is 5.92 Å². The Kier molecular flexibility index (Phi) is 2.80.